The fourth-order valence-electron chi connectivity index (χ4n) is 3.04. The van der Waals surface area contributed by atoms with Gasteiger partial charge < -0.3 is 10.6 Å². The Kier molecular flexibility index (Phi) is 3.56. The quantitative estimate of drug-likeness (QED) is 0.800. The lowest BCUT2D eigenvalue weighted by Gasteiger charge is -2.40. The summed E-state index contributed by atoms with van der Waals surface area (Å²) in [6, 6.07) is 6.91. The summed E-state index contributed by atoms with van der Waals surface area (Å²) in [5.74, 6) is 0. The van der Waals surface area contributed by atoms with Crippen LogP contribution in [0.2, 0.25) is 0 Å². The summed E-state index contributed by atoms with van der Waals surface area (Å²) in [5, 5.41) is 0. The maximum absolute atomic E-state index is 5.82. The summed E-state index contributed by atoms with van der Waals surface area (Å²) in [4.78, 5) is 2.45. The minimum absolute atomic E-state index is 0.535. The van der Waals surface area contributed by atoms with E-state index in [4.69, 9.17) is 5.73 Å². The average Bonchev–Trinajstić information content (AvgIpc) is 2.28. The van der Waals surface area contributed by atoms with Gasteiger partial charge in [-0.05, 0) is 61.8 Å². The SMILES string of the molecule is Cc1cc(N)ccc1N(C)C1CCC(C)(C)CC1. The molecule has 1 fully saturated rings. The van der Waals surface area contributed by atoms with Crippen molar-refractivity contribution in [2.24, 2.45) is 5.41 Å². The minimum atomic E-state index is 0.535. The summed E-state index contributed by atoms with van der Waals surface area (Å²) in [6.45, 7) is 6.92. The van der Waals surface area contributed by atoms with Gasteiger partial charge in [0.25, 0.3) is 0 Å². The van der Waals surface area contributed by atoms with Gasteiger partial charge in [0.1, 0.15) is 0 Å². The zero-order chi connectivity index (χ0) is 13.3. The van der Waals surface area contributed by atoms with Gasteiger partial charge in [-0.25, -0.2) is 0 Å². The standard InChI is InChI=1S/C16H26N2/c1-12-11-13(17)5-6-15(12)18(4)14-7-9-16(2,3)10-8-14/h5-6,11,14H,7-10,17H2,1-4H3. The minimum Gasteiger partial charge on any atom is -0.399 e. The second-order valence-corrected chi connectivity index (χ2v) is 6.55. The third-order valence-corrected chi connectivity index (χ3v) is 4.46. The Balaban J connectivity index is 2.10. The van der Waals surface area contributed by atoms with Crippen LogP contribution in [0.1, 0.15) is 45.1 Å². The van der Waals surface area contributed by atoms with Crippen LogP contribution in [-0.4, -0.2) is 13.1 Å². The molecule has 0 amide bonds. The molecule has 1 aliphatic rings. The van der Waals surface area contributed by atoms with Crippen LogP contribution in [0.4, 0.5) is 11.4 Å². The summed E-state index contributed by atoms with van der Waals surface area (Å²) >= 11 is 0. The van der Waals surface area contributed by atoms with Crippen LogP contribution in [0.3, 0.4) is 0 Å². The highest BCUT2D eigenvalue weighted by Crippen LogP contribution is 2.38. The van der Waals surface area contributed by atoms with Crippen molar-refractivity contribution in [3.63, 3.8) is 0 Å². The first kappa shape index (κ1) is 13.3. The molecule has 2 nitrogen and oxygen atoms in total. The van der Waals surface area contributed by atoms with Crippen molar-refractivity contribution in [1.82, 2.24) is 0 Å². The number of nitrogen functional groups attached to an aromatic ring is 1. The van der Waals surface area contributed by atoms with Crippen molar-refractivity contribution in [2.75, 3.05) is 17.7 Å². The molecule has 2 rings (SSSR count). The molecule has 0 aliphatic heterocycles. The smallest absolute Gasteiger partial charge is 0.0397 e. The van der Waals surface area contributed by atoms with Gasteiger partial charge in [0.15, 0.2) is 0 Å². The molecule has 18 heavy (non-hydrogen) atoms. The molecule has 0 heterocycles. The number of aryl methyl sites for hydroxylation is 1. The van der Waals surface area contributed by atoms with Crippen LogP contribution in [-0.2, 0) is 0 Å². The van der Waals surface area contributed by atoms with Crippen molar-refractivity contribution in [2.45, 2.75) is 52.5 Å². The van der Waals surface area contributed by atoms with E-state index in [9.17, 15) is 0 Å². The molecule has 2 N–H and O–H groups in total. The molecule has 0 unspecified atom stereocenters. The fourth-order valence-corrected chi connectivity index (χ4v) is 3.04. The first-order chi connectivity index (χ1) is 8.39. The molecule has 0 saturated heterocycles. The van der Waals surface area contributed by atoms with Crippen molar-refractivity contribution in [3.05, 3.63) is 23.8 Å². The van der Waals surface area contributed by atoms with E-state index in [1.54, 1.807) is 0 Å². The molecule has 100 valence electrons. The number of anilines is 2. The highest BCUT2D eigenvalue weighted by molar-refractivity contribution is 5.59. The van der Waals surface area contributed by atoms with Crippen LogP contribution in [0.5, 0.6) is 0 Å². The Labute approximate surface area is 111 Å². The van der Waals surface area contributed by atoms with E-state index in [1.165, 1.54) is 36.9 Å². The second kappa shape index (κ2) is 4.83. The number of nitrogens with two attached hydrogens (primary N) is 1. The highest BCUT2D eigenvalue weighted by Gasteiger charge is 2.29. The molecule has 1 aliphatic carbocycles. The number of benzene rings is 1. The Morgan fingerprint density at radius 1 is 1.22 bits per heavy atom. The number of nitrogens with zero attached hydrogens (tertiary/aromatic N) is 1. The Morgan fingerprint density at radius 3 is 2.39 bits per heavy atom. The lowest BCUT2D eigenvalue weighted by molar-refractivity contribution is 0.222. The van der Waals surface area contributed by atoms with Gasteiger partial charge in [0.05, 0.1) is 0 Å². The summed E-state index contributed by atoms with van der Waals surface area (Å²) in [5.41, 5.74) is 9.82. The van der Waals surface area contributed by atoms with Gasteiger partial charge in [-0.3, -0.25) is 0 Å². The lowest BCUT2D eigenvalue weighted by atomic mass is 9.75. The molecule has 1 aromatic carbocycles. The molecule has 2 heteroatoms. The zero-order valence-corrected chi connectivity index (χ0v) is 12.2. The predicted octanol–water partition coefficient (Wildman–Crippen LogP) is 3.98. The molecule has 0 spiro atoms. The van der Waals surface area contributed by atoms with Gasteiger partial charge in [0, 0.05) is 24.5 Å². The summed E-state index contributed by atoms with van der Waals surface area (Å²) < 4.78 is 0. The highest BCUT2D eigenvalue weighted by atomic mass is 15.1. The van der Waals surface area contributed by atoms with Crippen molar-refractivity contribution >= 4 is 11.4 Å². The van der Waals surface area contributed by atoms with Gasteiger partial charge in [-0.15, -0.1) is 0 Å². The molecule has 0 atom stereocenters. The van der Waals surface area contributed by atoms with Crippen molar-refractivity contribution in [1.29, 1.82) is 0 Å². The maximum Gasteiger partial charge on any atom is 0.0397 e. The van der Waals surface area contributed by atoms with Gasteiger partial charge >= 0.3 is 0 Å². The van der Waals surface area contributed by atoms with E-state index >= 15 is 0 Å². The topological polar surface area (TPSA) is 29.3 Å². The first-order valence-electron chi connectivity index (χ1n) is 6.98. The molecule has 1 aromatic rings. The maximum atomic E-state index is 5.82. The van der Waals surface area contributed by atoms with E-state index in [-0.39, 0.29) is 0 Å². The van der Waals surface area contributed by atoms with E-state index in [1.807, 2.05) is 6.07 Å². The Hall–Kier alpha value is -1.18. The van der Waals surface area contributed by atoms with Crippen LogP contribution < -0.4 is 10.6 Å². The predicted molar refractivity (Wildman–Crippen MR) is 80.0 cm³/mol. The fraction of sp³-hybridized carbons (Fsp3) is 0.625. The van der Waals surface area contributed by atoms with Gasteiger partial charge in [-0.1, -0.05) is 13.8 Å². The largest absolute Gasteiger partial charge is 0.399 e. The van der Waals surface area contributed by atoms with Gasteiger partial charge in [0.2, 0.25) is 0 Å². The molecular formula is C16H26N2. The van der Waals surface area contributed by atoms with Crippen molar-refractivity contribution in [3.8, 4) is 0 Å². The Morgan fingerprint density at radius 2 is 1.83 bits per heavy atom. The monoisotopic (exact) mass is 246 g/mol. The second-order valence-electron chi connectivity index (χ2n) is 6.55. The third-order valence-electron chi connectivity index (χ3n) is 4.46. The van der Waals surface area contributed by atoms with E-state index in [0.29, 0.717) is 11.5 Å². The average molecular weight is 246 g/mol. The van der Waals surface area contributed by atoms with E-state index < -0.39 is 0 Å². The molecule has 0 radical (unpaired) electrons. The lowest BCUT2D eigenvalue weighted by Crippen LogP contribution is -2.37. The van der Waals surface area contributed by atoms with Crippen LogP contribution >= 0.6 is 0 Å². The van der Waals surface area contributed by atoms with Crippen LogP contribution in [0, 0.1) is 12.3 Å². The Bertz CT molecular complexity index is 413. The number of rotatable bonds is 2. The third kappa shape index (κ3) is 2.80. The normalized spacial score (nSPS) is 19.8. The molecule has 1 saturated carbocycles. The van der Waals surface area contributed by atoms with Gasteiger partial charge in [-0.2, -0.15) is 0 Å². The molecule has 0 aromatic heterocycles. The molecular weight excluding hydrogens is 220 g/mol. The zero-order valence-electron chi connectivity index (χ0n) is 12.2. The molecule has 0 bridgehead atoms. The first-order valence-corrected chi connectivity index (χ1v) is 6.98. The van der Waals surface area contributed by atoms with Crippen molar-refractivity contribution < 1.29 is 0 Å². The summed E-state index contributed by atoms with van der Waals surface area (Å²) in [6.07, 6.45) is 5.26. The van der Waals surface area contributed by atoms with Crippen LogP contribution in [0.15, 0.2) is 18.2 Å². The summed E-state index contributed by atoms with van der Waals surface area (Å²) in [7, 11) is 2.22. The van der Waals surface area contributed by atoms with E-state index in [2.05, 4.69) is 44.9 Å². The number of hydrogen-bond acceptors (Lipinski definition) is 2. The number of hydrogen-bond donors (Lipinski definition) is 1. The van der Waals surface area contributed by atoms with Crippen LogP contribution in [0.25, 0.3) is 0 Å². The van der Waals surface area contributed by atoms with E-state index in [0.717, 1.165) is 5.69 Å².